The van der Waals surface area contributed by atoms with E-state index in [0.717, 1.165) is 11.8 Å². The Bertz CT molecular complexity index is 552. The first kappa shape index (κ1) is 17.5. The van der Waals surface area contributed by atoms with Crippen LogP contribution in [-0.4, -0.2) is 37.1 Å². The summed E-state index contributed by atoms with van der Waals surface area (Å²) in [6, 6.07) is 10.2. The number of nitrogens with zero attached hydrogens (tertiary/aromatic N) is 2. The molecule has 3 atom stereocenters. The molecule has 1 heterocycles. The zero-order valence-electron chi connectivity index (χ0n) is 14.8. The SMILES string of the molecule is CCOC1=N[C@H](C(C)C)C(OCC)=N[C@H]1[C@H](C)c1ccccc1. The molecule has 0 spiro atoms. The van der Waals surface area contributed by atoms with Crippen molar-refractivity contribution in [2.75, 3.05) is 13.2 Å². The van der Waals surface area contributed by atoms with Crippen LogP contribution < -0.4 is 0 Å². The Balaban J connectivity index is 2.36. The number of hydrogen-bond donors (Lipinski definition) is 0. The molecule has 4 heteroatoms. The van der Waals surface area contributed by atoms with Crippen LogP contribution in [-0.2, 0) is 9.47 Å². The molecule has 0 amide bonds. The van der Waals surface area contributed by atoms with Gasteiger partial charge in [-0.2, -0.15) is 0 Å². The molecule has 0 saturated heterocycles. The summed E-state index contributed by atoms with van der Waals surface area (Å²) in [4.78, 5) is 9.73. The van der Waals surface area contributed by atoms with E-state index in [1.165, 1.54) is 5.56 Å². The molecule has 1 aliphatic heterocycles. The first-order valence-electron chi connectivity index (χ1n) is 8.54. The predicted molar refractivity (Wildman–Crippen MR) is 95.4 cm³/mol. The van der Waals surface area contributed by atoms with Gasteiger partial charge in [-0.15, -0.1) is 0 Å². The Hall–Kier alpha value is -1.84. The zero-order valence-corrected chi connectivity index (χ0v) is 14.8. The second kappa shape index (κ2) is 8.14. The van der Waals surface area contributed by atoms with Gasteiger partial charge in [-0.1, -0.05) is 51.1 Å². The molecule has 4 nitrogen and oxygen atoms in total. The minimum atomic E-state index is -0.131. The summed E-state index contributed by atoms with van der Waals surface area (Å²) >= 11 is 0. The van der Waals surface area contributed by atoms with Crippen LogP contribution in [0.25, 0.3) is 0 Å². The van der Waals surface area contributed by atoms with Crippen LogP contribution in [0.5, 0.6) is 0 Å². The first-order valence-corrected chi connectivity index (χ1v) is 8.54. The average molecular weight is 316 g/mol. The van der Waals surface area contributed by atoms with Crippen molar-refractivity contribution in [1.82, 2.24) is 0 Å². The molecule has 0 aliphatic carbocycles. The second-order valence-corrected chi connectivity index (χ2v) is 6.13. The fourth-order valence-corrected chi connectivity index (χ4v) is 2.78. The van der Waals surface area contributed by atoms with Crippen molar-refractivity contribution < 1.29 is 9.47 Å². The molecule has 23 heavy (non-hydrogen) atoms. The highest BCUT2D eigenvalue weighted by molar-refractivity contribution is 5.94. The van der Waals surface area contributed by atoms with Gasteiger partial charge in [0.25, 0.3) is 0 Å². The van der Waals surface area contributed by atoms with Gasteiger partial charge in [0.05, 0.1) is 13.2 Å². The number of benzene rings is 1. The maximum absolute atomic E-state index is 5.83. The summed E-state index contributed by atoms with van der Waals surface area (Å²) in [7, 11) is 0. The lowest BCUT2D eigenvalue weighted by Crippen LogP contribution is -2.40. The molecule has 0 fully saturated rings. The highest BCUT2D eigenvalue weighted by Crippen LogP contribution is 2.28. The van der Waals surface area contributed by atoms with Gasteiger partial charge in [0, 0.05) is 5.92 Å². The van der Waals surface area contributed by atoms with Gasteiger partial charge in [-0.3, -0.25) is 0 Å². The third-order valence-electron chi connectivity index (χ3n) is 4.05. The number of hydrogen-bond acceptors (Lipinski definition) is 4. The minimum Gasteiger partial charge on any atom is -0.480 e. The molecule has 0 radical (unpaired) electrons. The van der Waals surface area contributed by atoms with Crippen molar-refractivity contribution in [3.63, 3.8) is 0 Å². The van der Waals surface area contributed by atoms with E-state index in [4.69, 9.17) is 19.5 Å². The second-order valence-electron chi connectivity index (χ2n) is 6.13. The summed E-state index contributed by atoms with van der Waals surface area (Å²) < 4.78 is 11.6. The topological polar surface area (TPSA) is 43.2 Å². The van der Waals surface area contributed by atoms with E-state index < -0.39 is 0 Å². The molecular formula is C19H28N2O2. The molecule has 0 saturated carbocycles. The molecule has 126 valence electrons. The highest BCUT2D eigenvalue weighted by Gasteiger charge is 2.34. The molecule has 0 N–H and O–H groups in total. The van der Waals surface area contributed by atoms with E-state index in [1.807, 2.05) is 19.9 Å². The van der Waals surface area contributed by atoms with E-state index in [-0.39, 0.29) is 18.0 Å². The van der Waals surface area contributed by atoms with Gasteiger partial charge >= 0.3 is 0 Å². The third-order valence-corrected chi connectivity index (χ3v) is 4.05. The molecule has 2 rings (SSSR count). The van der Waals surface area contributed by atoms with Crippen molar-refractivity contribution in [2.45, 2.75) is 52.6 Å². The molecule has 0 bridgehead atoms. The molecule has 1 aliphatic rings. The number of ether oxygens (including phenoxy) is 2. The quantitative estimate of drug-likeness (QED) is 0.822. The summed E-state index contributed by atoms with van der Waals surface area (Å²) in [5.74, 6) is 1.97. The lowest BCUT2D eigenvalue weighted by atomic mass is 9.91. The molecule has 1 aromatic carbocycles. The van der Waals surface area contributed by atoms with Gasteiger partial charge in [-0.25, -0.2) is 9.98 Å². The normalized spacial score (nSPS) is 22.3. The van der Waals surface area contributed by atoms with Gasteiger partial charge in [0.15, 0.2) is 0 Å². The van der Waals surface area contributed by atoms with Crippen LogP contribution in [0.3, 0.4) is 0 Å². The Morgan fingerprint density at radius 2 is 1.39 bits per heavy atom. The van der Waals surface area contributed by atoms with Crippen molar-refractivity contribution in [2.24, 2.45) is 15.9 Å². The molecule has 1 aromatic rings. The largest absolute Gasteiger partial charge is 0.480 e. The Labute approximate surface area is 139 Å². The third kappa shape index (κ3) is 4.12. The van der Waals surface area contributed by atoms with E-state index in [1.54, 1.807) is 0 Å². The predicted octanol–water partition coefficient (Wildman–Crippen LogP) is 4.07. The maximum Gasteiger partial charge on any atom is 0.210 e. The van der Waals surface area contributed by atoms with Gasteiger partial charge in [0.2, 0.25) is 11.8 Å². The molecule has 0 unspecified atom stereocenters. The summed E-state index contributed by atoms with van der Waals surface area (Å²) in [5.41, 5.74) is 1.23. The highest BCUT2D eigenvalue weighted by atomic mass is 16.5. The Morgan fingerprint density at radius 3 is 1.91 bits per heavy atom. The fraction of sp³-hybridized carbons (Fsp3) is 0.579. The van der Waals surface area contributed by atoms with Crippen LogP contribution in [0.1, 0.15) is 46.1 Å². The summed E-state index contributed by atoms with van der Waals surface area (Å²) in [6.07, 6.45) is 0. The van der Waals surface area contributed by atoms with Gasteiger partial charge in [-0.05, 0) is 25.3 Å². The first-order chi connectivity index (χ1) is 11.1. The van der Waals surface area contributed by atoms with Gasteiger partial charge < -0.3 is 9.47 Å². The lowest BCUT2D eigenvalue weighted by Gasteiger charge is -2.31. The van der Waals surface area contributed by atoms with Crippen LogP contribution >= 0.6 is 0 Å². The van der Waals surface area contributed by atoms with Crippen molar-refractivity contribution in [1.29, 1.82) is 0 Å². The molecular weight excluding hydrogens is 288 g/mol. The van der Waals surface area contributed by atoms with Crippen LogP contribution in [0, 0.1) is 5.92 Å². The smallest absolute Gasteiger partial charge is 0.210 e. The van der Waals surface area contributed by atoms with E-state index in [2.05, 4.69) is 45.0 Å². The fourth-order valence-electron chi connectivity index (χ4n) is 2.78. The Kier molecular flexibility index (Phi) is 6.20. The average Bonchev–Trinajstić information content (AvgIpc) is 2.56. The summed E-state index contributed by atoms with van der Waals surface area (Å²) in [6.45, 7) is 11.6. The van der Waals surface area contributed by atoms with Crippen LogP contribution in [0.2, 0.25) is 0 Å². The van der Waals surface area contributed by atoms with Crippen molar-refractivity contribution in [3.05, 3.63) is 35.9 Å². The van der Waals surface area contributed by atoms with E-state index in [9.17, 15) is 0 Å². The van der Waals surface area contributed by atoms with Crippen LogP contribution in [0.4, 0.5) is 0 Å². The number of aliphatic imine (C=N–C) groups is 2. The van der Waals surface area contributed by atoms with Gasteiger partial charge in [0.1, 0.15) is 12.1 Å². The maximum atomic E-state index is 5.83. The standard InChI is InChI=1S/C19H28N2O2/c1-6-22-18-16(13(3)4)20-19(23-7-2)17(21-18)14(5)15-11-9-8-10-12-15/h8-14,16-17H,6-7H2,1-5H3/t14-,16-,17+/m1/s1. The zero-order chi connectivity index (χ0) is 16.8. The molecule has 0 aromatic heterocycles. The van der Waals surface area contributed by atoms with Crippen LogP contribution in [0.15, 0.2) is 40.3 Å². The number of rotatable bonds is 5. The van der Waals surface area contributed by atoms with Crippen molar-refractivity contribution >= 4 is 11.8 Å². The van der Waals surface area contributed by atoms with E-state index in [0.29, 0.717) is 19.1 Å². The Morgan fingerprint density at radius 1 is 0.870 bits per heavy atom. The monoisotopic (exact) mass is 316 g/mol. The van der Waals surface area contributed by atoms with Crippen molar-refractivity contribution in [3.8, 4) is 0 Å². The van der Waals surface area contributed by atoms with E-state index >= 15 is 0 Å². The summed E-state index contributed by atoms with van der Waals surface area (Å²) in [5, 5.41) is 0. The minimum absolute atomic E-state index is 0.0595. The lowest BCUT2D eigenvalue weighted by molar-refractivity contribution is 0.272.